The Morgan fingerprint density at radius 2 is 1.81 bits per heavy atom. The van der Waals surface area contributed by atoms with Gasteiger partial charge in [0.05, 0.1) is 24.4 Å². The summed E-state index contributed by atoms with van der Waals surface area (Å²) in [5.74, 6) is 0.726. The van der Waals surface area contributed by atoms with Crippen LogP contribution in [-0.4, -0.2) is 6.21 Å². The van der Waals surface area contributed by atoms with Crippen molar-refractivity contribution >= 4 is 28.6 Å². The Bertz CT molecular complexity index is 1280. The lowest BCUT2D eigenvalue weighted by molar-refractivity contribution is 0.306. The van der Waals surface area contributed by atoms with Crippen molar-refractivity contribution in [3.63, 3.8) is 0 Å². The molecular formula is C26H20ClN3O. The summed E-state index contributed by atoms with van der Waals surface area (Å²) in [6, 6.07) is 29.4. The van der Waals surface area contributed by atoms with Gasteiger partial charge in [-0.2, -0.15) is 10.4 Å². The monoisotopic (exact) mass is 425 g/mol. The van der Waals surface area contributed by atoms with Gasteiger partial charge >= 0.3 is 0 Å². The van der Waals surface area contributed by atoms with Crippen LogP contribution in [0.2, 0.25) is 5.02 Å². The molecule has 4 aromatic rings. The molecule has 0 aliphatic carbocycles. The fourth-order valence-electron chi connectivity index (χ4n) is 3.31. The van der Waals surface area contributed by atoms with Crippen molar-refractivity contribution in [3.05, 3.63) is 112 Å². The molecule has 4 rings (SSSR count). The molecule has 0 heterocycles. The number of nitrogens with zero attached hydrogens (tertiary/aromatic N) is 2. The van der Waals surface area contributed by atoms with E-state index >= 15 is 0 Å². The van der Waals surface area contributed by atoms with Crippen molar-refractivity contribution in [1.82, 2.24) is 5.43 Å². The second kappa shape index (κ2) is 9.80. The lowest BCUT2D eigenvalue weighted by Crippen LogP contribution is -2.07. The van der Waals surface area contributed by atoms with Gasteiger partial charge in [-0.25, -0.2) is 0 Å². The Hall–Kier alpha value is -3.81. The van der Waals surface area contributed by atoms with E-state index < -0.39 is 0 Å². The van der Waals surface area contributed by atoms with Gasteiger partial charge in [-0.15, -0.1) is 0 Å². The second-order valence-electron chi connectivity index (χ2n) is 6.98. The number of halogens is 1. The van der Waals surface area contributed by atoms with Crippen LogP contribution >= 0.6 is 11.6 Å². The number of rotatable bonds is 7. The maximum atomic E-state index is 9.11. The predicted octanol–water partition coefficient (Wildman–Crippen LogP) is 6.07. The second-order valence-corrected chi connectivity index (χ2v) is 7.39. The van der Waals surface area contributed by atoms with Gasteiger partial charge in [0.2, 0.25) is 0 Å². The van der Waals surface area contributed by atoms with Crippen molar-refractivity contribution in [3.8, 4) is 11.8 Å². The minimum atomic E-state index is 0.363. The van der Waals surface area contributed by atoms with E-state index in [-0.39, 0.29) is 0 Å². The summed E-state index contributed by atoms with van der Waals surface area (Å²) in [6.45, 7) is 0.889. The number of nitrogens with one attached hydrogen (secondary N) is 1. The molecule has 0 bridgehead atoms. The number of hydrazone groups is 1. The van der Waals surface area contributed by atoms with Crippen molar-refractivity contribution in [2.45, 2.75) is 13.2 Å². The number of fused-ring (bicyclic) bond motifs is 1. The third-order valence-electron chi connectivity index (χ3n) is 4.89. The van der Waals surface area contributed by atoms with E-state index in [0.717, 1.165) is 33.2 Å². The Morgan fingerprint density at radius 1 is 0.968 bits per heavy atom. The molecule has 0 spiro atoms. The number of nitriles is 1. The van der Waals surface area contributed by atoms with E-state index in [9.17, 15) is 0 Å². The molecule has 0 saturated carbocycles. The molecule has 0 unspecified atom stereocenters. The zero-order valence-corrected chi connectivity index (χ0v) is 17.5. The molecule has 0 fully saturated rings. The van der Waals surface area contributed by atoms with Crippen molar-refractivity contribution in [1.29, 1.82) is 5.26 Å². The average molecular weight is 426 g/mol. The highest BCUT2D eigenvalue weighted by Crippen LogP contribution is 2.27. The van der Waals surface area contributed by atoms with E-state index in [4.69, 9.17) is 21.6 Å². The summed E-state index contributed by atoms with van der Waals surface area (Å²) in [4.78, 5) is 0. The van der Waals surface area contributed by atoms with Crippen LogP contribution in [-0.2, 0) is 13.2 Å². The van der Waals surface area contributed by atoms with E-state index in [1.165, 1.54) is 0 Å². The quantitative estimate of drug-likeness (QED) is 0.289. The largest absolute Gasteiger partial charge is 0.488 e. The van der Waals surface area contributed by atoms with Crippen LogP contribution in [0.4, 0.5) is 0 Å². The molecule has 152 valence electrons. The molecule has 0 aliphatic rings. The summed E-state index contributed by atoms with van der Waals surface area (Å²) >= 11 is 6.21. The summed E-state index contributed by atoms with van der Waals surface area (Å²) in [5, 5.41) is 16.4. The van der Waals surface area contributed by atoms with Gasteiger partial charge < -0.3 is 10.2 Å². The molecule has 0 aromatic heterocycles. The molecule has 5 heteroatoms. The van der Waals surface area contributed by atoms with Gasteiger partial charge in [0.15, 0.2) is 0 Å². The molecule has 31 heavy (non-hydrogen) atoms. The molecule has 0 amide bonds. The zero-order chi connectivity index (χ0) is 21.5. The third-order valence-corrected chi connectivity index (χ3v) is 5.26. The summed E-state index contributed by atoms with van der Waals surface area (Å²) in [6.07, 6.45) is 1.78. The lowest BCUT2D eigenvalue weighted by atomic mass is 10.0. The summed E-state index contributed by atoms with van der Waals surface area (Å²) in [5.41, 5.74) is 6.49. The van der Waals surface area contributed by atoms with Gasteiger partial charge in [0, 0.05) is 10.6 Å². The van der Waals surface area contributed by atoms with E-state index in [1.54, 1.807) is 12.3 Å². The van der Waals surface area contributed by atoms with Crippen LogP contribution in [0.15, 0.2) is 90.0 Å². The van der Waals surface area contributed by atoms with Crippen LogP contribution in [0.25, 0.3) is 10.8 Å². The molecule has 0 radical (unpaired) electrons. The fourth-order valence-corrected chi connectivity index (χ4v) is 3.51. The fraction of sp³-hybridized carbons (Fsp3) is 0.0769. The Balaban J connectivity index is 1.56. The predicted molar refractivity (Wildman–Crippen MR) is 125 cm³/mol. The highest BCUT2D eigenvalue weighted by molar-refractivity contribution is 6.31. The summed E-state index contributed by atoms with van der Waals surface area (Å²) in [7, 11) is 0. The number of ether oxygens (including phenoxy) is 1. The molecule has 0 saturated heterocycles. The molecule has 0 atom stereocenters. The highest BCUT2D eigenvalue weighted by atomic mass is 35.5. The molecule has 4 nitrogen and oxygen atoms in total. The standard InChI is InChI=1S/C26H20ClN3O/c27-25-11-4-2-9-22(25)16-29-30-17-24-23-10-3-1-8-21(23)12-13-26(24)31-18-20-7-5-6-19(14-20)15-28/h1-14,17,29H,16,18H2/b30-17-. The number of benzene rings is 4. The van der Waals surface area contributed by atoms with Gasteiger partial charge in [0.1, 0.15) is 12.4 Å². The first kappa shape index (κ1) is 20.5. The van der Waals surface area contributed by atoms with Gasteiger partial charge in [0.25, 0.3) is 0 Å². The highest BCUT2D eigenvalue weighted by Gasteiger charge is 2.08. The normalized spacial score (nSPS) is 10.8. The summed E-state index contributed by atoms with van der Waals surface area (Å²) < 4.78 is 6.12. The first-order chi connectivity index (χ1) is 15.2. The Morgan fingerprint density at radius 3 is 2.68 bits per heavy atom. The number of hydrogen-bond acceptors (Lipinski definition) is 4. The Labute approximate surface area is 186 Å². The maximum Gasteiger partial charge on any atom is 0.129 e. The van der Waals surface area contributed by atoms with Crippen LogP contribution in [0.3, 0.4) is 0 Å². The molecule has 4 aromatic carbocycles. The van der Waals surface area contributed by atoms with Crippen molar-refractivity contribution in [2.24, 2.45) is 5.10 Å². The van der Waals surface area contributed by atoms with E-state index in [2.05, 4.69) is 22.7 Å². The smallest absolute Gasteiger partial charge is 0.129 e. The zero-order valence-electron chi connectivity index (χ0n) is 16.8. The van der Waals surface area contributed by atoms with Crippen LogP contribution < -0.4 is 10.2 Å². The maximum absolute atomic E-state index is 9.11. The minimum absolute atomic E-state index is 0.363. The lowest BCUT2D eigenvalue weighted by Gasteiger charge is -2.12. The first-order valence-electron chi connectivity index (χ1n) is 9.87. The van der Waals surface area contributed by atoms with Gasteiger partial charge in [-0.1, -0.05) is 72.3 Å². The van der Waals surface area contributed by atoms with E-state index in [1.807, 2.05) is 72.8 Å². The number of hydrogen-bond donors (Lipinski definition) is 1. The van der Waals surface area contributed by atoms with Crippen LogP contribution in [0, 0.1) is 11.3 Å². The van der Waals surface area contributed by atoms with Gasteiger partial charge in [-0.05, 0) is 46.2 Å². The third kappa shape index (κ3) is 5.03. The SMILES string of the molecule is N#Cc1cccc(COc2ccc3ccccc3c2/C=N\NCc2ccccc2Cl)c1. The topological polar surface area (TPSA) is 57.4 Å². The van der Waals surface area contributed by atoms with Gasteiger partial charge in [-0.3, -0.25) is 0 Å². The van der Waals surface area contributed by atoms with E-state index in [0.29, 0.717) is 23.7 Å². The minimum Gasteiger partial charge on any atom is -0.488 e. The molecule has 0 aliphatic heterocycles. The van der Waals surface area contributed by atoms with Crippen LogP contribution in [0.5, 0.6) is 5.75 Å². The molecule has 1 N–H and O–H groups in total. The first-order valence-corrected chi connectivity index (χ1v) is 10.3. The Kier molecular flexibility index (Phi) is 6.47. The average Bonchev–Trinajstić information content (AvgIpc) is 2.82. The van der Waals surface area contributed by atoms with Crippen LogP contribution in [0.1, 0.15) is 22.3 Å². The molecular weight excluding hydrogens is 406 g/mol. The van der Waals surface area contributed by atoms with Crippen molar-refractivity contribution in [2.75, 3.05) is 0 Å². The van der Waals surface area contributed by atoms with Crippen molar-refractivity contribution < 1.29 is 4.74 Å².